The molecule has 0 aromatic heterocycles. The second kappa shape index (κ2) is 13.2. The third-order valence-corrected chi connectivity index (χ3v) is 6.40. The molecule has 0 aromatic rings. The highest BCUT2D eigenvalue weighted by Gasteiger charge is 2.42. The van der Waals surface area contributed by atoms with E-state index in [0.717, 1.165) is 11.8 Å². The molecule has 25 heavy (non-hydrogen) atoms. The van der Waals surface area contributed by atoms with Crippen molar-refractivity contribution in [1.82, 2.24) is 0 Å². The molecule has 0 unspecified atom stereocenters. The van der Waals surface area contributed by atoms with E-state index in [1.165, 1.54) is 83.5 Å². The predicted molar refractivity (Wildman–Crippen MR) is 117 cm³/mol. The van der Waals surface area contributed by atoms with Crippen LogP contribution in [0.2, 0.25) is 0 Å². The lowest BCUT2D eigenvalue weighted by Gasteiger charge is -2.48. The maximum Gasteiger partial charge on any atom is -0.0264 e. The van der Waals surface area contributed by atoms with Crippen molar-refractivity contribution >= 4 is 0 Å². The first-order chi connectivity index (χ1) is 11.7. The minimum absolute atomic E-state index is 0.433. The van der Waals surface area contributed by atoms with Crippen LogP contribution in [0, 0.1) is 22.7 Å². The van der Waals surface area contributed by atoms with Gasteiger partial charge in [0.2, 0.25) is 0 Å². The number of unbranched alkanes of at least 4 members (excludes halogenated alkanes) is 4. The number of hydrogen-bond acceptors (Lipinski definition) is 0. The van der Waals surface area contributed by atoms with Crippen molar-refractivity contribution in [3.63, 3.8) is 0 Å². The van der Waals surface area contributed by atoms with Gasteiger partial charge in [0.1, 0.15) is 0 Å². The van der Waals surface area contributed by atoms with Crippen LogP contribution < -0.4 is 0 Å². The average Bonchev–Trinajstić information content (AvgIpc) is 2.53. The van der Waals surface area contributed by atoms with E-state index in [9.17, 15) is 0 Å². The molecular weight excluding hydrogens is 300 g/mol. The average molecular weight is 353 g/mol. The van der Waals surface area contributed by atoms with Crippen LogP contribution in [0.3, 0.4) is 0 Å². The lowest BCUT2D eigenvalue weighted by Crippen LogP contribution is -2.39. The van der Waals surface area contributed by atoms with Crippen molar-refractivity contribution in [3.05, 3.63) is 0 Å². The van der Waals surface area contributed by atoms with Gasteiger partial charge in [-0.1, -0.05) is 107 Å². The summed E-state index contributed by atoms with van der Waals surface area (Å²) in [7, 11) is 0. The van der Waals surface area contributed by atoms with Crippen molar-refractivity contribution in [2.45, 2.75) is 139 Å². The molecule has 0 heteroatoms. The molecule has 0 amide bonds. The van der Waals surface area contributed by atoms with Crippen LogP contribution in [0.1, 0.15) is 139 Å². The second-order valence-corrected chi connectivity index (χ2v) is 10.2. The Hall–Kier alpha value is 0. The van der Waals surface area contributed by atoms with Gasteiger partial charge in [0.05, 0.1) is 0 Å². The molecule has 0 N–H and O–H groups in total. The van der Waals surface area contributed by atoms with Crippen molar-refractivity contribution in [3.8, 4) is 0 Å². The van der Waals surface area contributed by atoms with Gasteiger partial charge >= 0.3 is 0 Å². The van der Waals surface area contributed by atoms with E-state index in [-0.39, 0.29) is 0 Å². The van der Waals surface area contributed by atoms with Gasteiger partial charge in [-0.15, -0.1) is 0 Å². The monoisotopic (exact) mass is 352 g/mol. The van der Waals surface area contributed by atoms with Gasteiger partial charge in [-0.25, -0.2) is 0 Å². The van der Waals surface area contributed by atoms with Crippen LogP contribution in [-0.4, -0.2) is 0 Å². The van der Waals surface area contributed by atoms with Gasteiger partial charge in [-0.05, 0) is 54.8 Å². The molecule has 152 valence electrons. The molecule has 0 spiro atoms. The highest BCUT2D eigenvalue weighted by molar-refractivity contribution is 4.92. The molecule has 0 rings (SSSR count). The summed E-state index contributed by atoms with van der Waals surface area (Å²) >= 11 is 0. The van der Waals surface area contributed by atoms with Crippen molar-refractivity contribution in [2.75, 3.05) is 0 Å². The minimum atomic E-state index is 0.433. The molecule has 0 aliphatic rings. The van der Waals surface area contributed by atoms with Crippen LogP contribution in [-0.2, 0) is 0 Å². The van der Waals surface area contributed by atoms with Crippen LogP contribution in [0.4, 0.5) is 0 Å². The first-order valence-electron chi connectivity index (χ1n) is 11.7. The highest BCUT2D eigenvalue weighted by atomic mass is 14.5. The molecule has 0 aliphatic carbocycles. The first kappa shape index (κ1) is 25.0. The number of rotatable bonds is 15. The summed E-state index contributed by atoms with van der Waals surface area (Å²) in [5.41, 5.74) is 0.953. The molecule has 0 fully saturated rings. The molecule has 0 bridgehead atoms. The lowest BCUT2D eigenvalue weighted by atomic mass is 9.57. The molecule has 0 nitrogen and oxygen atoms in total. The fourth-order valence-corrected chi connectivity index (χ4v) is 5.17. The maximum atomic E-state index is 2.70. The van der Waals surface area contributed by atoms with Crippen molar-refractivity contribution in [1.29, 1.82) is 0 Å². The summed E-state index contributed by atoms with van der Waals surface area (Å²) in [4.78, 5) is 0. The van der Waals surface area contributed by atoms with E-state index < -0.39 is 0 Å². The van der Waals surface area contributed by atoms with Gasteiger partial charge in [0.15, 0.2) is 0 Å². The predicted octanol–water partition coefficient (Wildman–Crippen LogP) is 9.42. The van der Waals surface area contributed by atoms with Gasteiger partial charge in [-0.2, -0.15) is 0 Å². The van der Waals surface area contributed by atoms with Crippen LogP contribution >= 0.6 is 0 Å². The summed E-state index contributed by atoms with van der Waals surface area (Å²) in [5, 5.41) is 0. The van der Waals surface area contributed by atoms with E-state index >= 15 is 0 Å². The number of hydrogen-bond donors (Lipinski definition) is 0. The summed E-state index contributed by atoms with van der Waals surface area (Å²) in [6.45, 7) is 19.6. The highest BCUT2D eigenvalue weighted by Crippen LogP contribution is 2.51. The molecule has 0 saturated carbocycles. The summed E-state index contributed by atoms with van der Waals surface area (Å²) < 4.78 is 0. The Morgan fingerprint density at radius 3 is 1.00 bits per heavy atom. The minimum Gasteiger partial charge on any atom is -0.0654 e. The molecule has 0 saturated heterocycles. The summed E-state index contributed by atoms with van der Waals surface area (Å²) in [6, 6.07) is 0. The van der Waals surface area contributed by atoms with Crippen LogP contribution in [0.15, 0.2) is 0 Å². The van der Waals surface area contributed by atoms with E-state index in [0.29, 0.717) is 10.8 Å². The Bertz CT molecular complexity index is 260. The lowest BCUT2D eigenvalue weighted by molar-refractivity contribution is 0.0164. The molecule has 0 heterocycles. The zero-order valence-electron chi connectivity index (χ0n) is 19.3. The molecular formula is C25H52. The van der Waals surface area contributed by atoms with Gasteiger partial charge in [-0.3, -0.25) is 0 Å². The quantitative estimate of drug-likeness (QED) is 0.275. The van der Waals surface area contributed by atoms with Gasteiger partial charge < -0.3 is 0 Å². The van der Waals surface area contributed by atoms with Gasteiger partial charge in [0, 0.05) is 0 Å². The SMILES string of the molecule is CCCCC(CCCC)C(C)(CC(C)(C)C)C(CCCC)CCCC. The molecule has 0 radical (unpaired) electrons. The Labute approximate surface area is 161 Å². The summed E-state index contributed by atoms with van der Waals surface area (Å²) in [5.74, 6) is 1.84. The van der Waals surface area contributed by atoms with Gasteiger partial charge in [0.25, 0.3) is 0 Å². The zero-order valence-corrected chi connectivity index (χ0v) is 19.3. The van der Waals surface area contributed by atoms with E-state index in [4.69, 9.17) is 0 Å². The largest absolute Gasteiger partial charge is 0.0654 e. The van der Waals surface area contributed by atoms with E-state index in [1.807, 2.05) is 0 Å². The van der Waals surface area contributed by atoms with E-state index in [2.05, 4.69) is 55.4 Å². The smallest absolute Gasteiger partial charge is 0.0264 e. The molecule has 0 aromatic carbocycles. The Balaban J connectivity index is 5.60. The zero-order chi connectivity index (χ0) is 19.3. The fourth-order valence-electron chi connectivity index (χ4n) is 5.17. The third-order valence-electron chi connectivity index (χ3n) is 6.40. The normalized spacial score (nSPS) is 13.2. The van der Waals surface area contributed by atoms with Crippen molar-refractivity contribution < 1.29 is 0 Å². The van der Waals surface area contributed by atoms with E-state index in [1.54, 1.807) is 0 Å². The maximum absolute atomic E-state index is 2.70. The molecule has 0 atom stereocenters. The third kappa shape index (κ3) is 10.0. The Kier molecular flexibility index (Phi) is 13.2. The Morgan fingerprint density at radius 1 is 0.520 bits per heavy atom. The molecule has 0 aliphatic heterocycles. The standard InChI is InChI=1S/C25H52/c1-9-13-17-22(18-14-10-2)25(8,21-24(5,6)7)23(19-15-11-3)20-16-12-4/h22-23H,9-21H2,1-8H3. The Morgan fingerprint density at radius 2 is 0.800 bits per heavy atom. The second-order valence-electron chi connectivity index (χ2n) is 10.2. The summed E-state index contributed by atoms with van der Waals surface area (Å²) in [6.07, 6.45) is 18.3. The topological polar surface area (TPSA) is 0 Å². The van der Waals surface area contributed by atoms with Crippen LogP contribution in [0.5, 0.6) is 0 Å². The van der Waals surface area contributed by atoms with Crippen molar-refractivity contribution in [2.24, 2.45) is 22.7 Å². The fraction of sp³-hybridized carbons (Fsp3) is 1.00. The first-order valence-corrected chi connectivity index (χ1v) is 11.7. The van der Waals surface area contributed by atoms with Crippen LogP contribution in [0.25, 0.3) is 0 Å².